The molecule has 0 unspecified atom stereocenters. The van der Waals surface area contributed by atoms with Crippen molar-refractivity contribution in [2.24, 2.45) is 0 Å². The zero-order valence-electron chi connectivity index (χ0n) is 7.89. The molecule has 2 rings (SSSR count). The van der Waals surface area contributed by atoms with Gasteiger partial charge in [0.15, 0.2) is 0 Å². The maximum absolute atomic E-state index is 12.5. The van der Waals surface area contributed by atoms with E-state index in [0.29, 0.717) is 12.2 Å². The summed E-state index contributed by atoms with van der Waals surface area (Å²) < 4.78 is 14.4. The van der Waals surface area contributed by atoms with E-state index in [2.05, 4.69) is 21.8 Å². The van der Waals surface area contributed by atoms with Gasteiger partial charge in [0.1, 0.15) is 11.5 Å². The summed E-state index contributed by atoms with van der Waals surface area (Å²) in [4.78, 5) is 7.71. The third-order valence-electron chi connectivity index (χ3n) is 1.76. The quantitative estimate of drug-likeness (QED) is 0.654. The minimum Gasteiger partial charge on any atom is -0.326 e. The number of aromatic nitrogens is 3. The van der Waals surface area contributed by atoms with Gasteiger partial charge in [-0.2, -0.15) is 0 Å². The highest BCUT2D eigenvalue weighted by molar-refractivity contribution is 5.26. The molecule has 0 aliphatic heterocycles. The molecule has 0 aliphatic rings. The molecule has 15 heavy (non-hydrogen) atoms. The molecular weight excluding hydrogens is 193 g/mol. The molecule has 0 aromatic carbocycles. The van der Waals surface area contributed by atoms with E-state index >= 15 is 0 Å². The Balaban J connectivity index is 2.03. The first-order valence-corrected chi connectivity index (χ1v) is 4.41. The summed E-state index contributed by atoms with van der Waals surface area (Å²) in [7, 11) is 0. The lowest BCUT2D eigenvalue weighted by atomic mass is 10.3. The van der Waals surface area contributed by atoms with Crippen molar-refractivity contribution in [2.75, 3.05) is 0 Å². The van der Waals surface area contributed by atoms with E-state index in [1.165, 1.54) is 6.07 Å². The van der Waals surface area contributed by atoms with Gasteiger partial charge in [-0.25, -0.2) is 14.4 Å². The molecule has 3 nitrogen and oxygen atoms in total. The standard InChI is InChI=1S/C11H8FN3/c12-10-3-4-11(14-8-10)2-1-6-15-7-5-13-9-15/h3-5,7-9H,6H2. The molecule has 2 aromatic rings. The van der Waals surface area contributed by atoms with Crippen molar-refractivity contribution in [3.05, 3.63) is 48.6 Å². The van der Waals surface area contributed by atoms with Gasteiger partial charge in [-0.1, -0.05) is 5.92 Å². The van der Waals surface area contributed by atoms with Crippen LogP contribution in [0.3, 0.4) is 0 Å². The molecule has 0 aliphatic carbocycles. The molecule has 0 radical (unpaired) electrons. The van der Waals surface area contributed by atoms with Crippen LogP contribution in [-0.2, 0) is 6.54 Å². The number of pyridine rings is 1. The van der Waals surface area contributed by atoms with Crippen LogP contribution in [0.2, 0.25) is 0 Å². The van der Waals surface area contributed by atoms with Crippen LogP contribution in [0.5, 0.6) is 0 Å². The lowest BCUT2D eigenvalue weighted by molar-refractivity contribution is 0.621. The highest BCUT2D eigenvalue weighted by Gasteiger charge is 1.89. The highest BCUT2D eigenvalue weighted by Crippen LogP contribution is 1.95. The maximum atomic E-state index is 12.5. The first-order valence-electron chi connectivity index (χ1n) is 4.41. The normalized spacial score (nSPS) is 9.40. The van der Waals surface area contributed by atoms with Gasteiger partial charge in [-0.15, -0.1) is 0 Å². The first-order chi connectivity index (χ1) is 7.34. The summed E-state index contributed by atoms with van der Waals surface area (Å²) in [5, 5.41) is 0. The summed E-state index contributed by atoms with van der Waals surface area (Å²) in [5.74, 6) is 5.39. The molecule has 0 atom stereocenters. The lowest BCUT2D eigenvalue weighted by Crippen LogP contribution is -1.90. The smallest absolute Gasteiger partial charge is 0.141 e. The average Bonchev–Trinajstić information content (AvgIpc) is 2.74. The molecule has 0 saturated heterocycles. The minimum absolute atomic E-state index is 0.352. The number of imidazole rings is 1. The minimum atomic E-state index is -0.352. The van der Waals surface area contributed by atoms with E-state index in [0.717, 1.165) is 6.20 Å². The highest BCUT2D eigenvalue weighted by atomic mass is 19.1. The first kappa shape index (κ1) is 9.41. The average molecular weight is 201 g/mol. The topological polar surface area (TPSA) is 30.7 Å². The summed E-state index contributed by atoms with van der Waals surface area (Å²) in [6.45, 7) is 0.555. The van der Waals surface area contributed by atoms with Gasteiger partial charge < -0.3 is 4.57 Å². The van der Waals surface area contributed by atoms with Crippen molar-refractivity contribution in [1.29, 1.82) is 0 Å². The number of nitrogens with zero attached hydrogens (tertiary/aromatic N) is 3. The van der Waals surface area contributed by atoms with Crippen LogP contribution < -0.4 is 0 Å². The Labute approximate surface area is 86.6 Å². The van der Waals surface area contributed by atoms with Crippen LogP contribution in [0.4, 0.5) is 4.39 Å². The predicted molar refractivity (Wildman–Crippen MR) is 53.3 cm³/mol. The predicted octanol–water partition coefficient (Wildman–Crippen LogP) is 1.47. The third-order valence-corrected chi connectivity index (χ3v) is 1.76. The maximum Gasteiger partial charge on any atom is 0.141 e. The number of hydrogen-bond donors (Lipinski definition) is 0. The molecule has 74 valence electrons. The zero-order chi connectivity index (χ0) is 10.5. The van der Waals surface area contributed by atoms with Gasteiger partial charge in [0.25, 0.3) is 0 Å². The molecule has 0 fully saturated rings. The third kappa shape index (κ3) is 2.64. The van der Waals surface area contributed by atoms with Crippen molar-refractivity contribution >= 4 is 0 Å². The van der Waals surface area contributed by atoms with Gasteiger partial charge in [0, 0.05) is 12.4 Å². The van der Waals surface area contributed by atoms with Gasteiger partial charge in [-0.3, -0.25) is 0 Å². The van der Waals surface area contributed by atoms with Crippen LogP contribution >= 0.6 is 0 Å². The van der Waals surface area contributed by atoms with Crippen molar-refractivity contribution in [2.45, 2.75) is 6.54 Å². The van der Waals surface area contributed by atoms with Crippen molar-refractivity contribution in [1.82, 2.24) is 14.5 Å². The molecule has 2 aromatic heterocycles. The van der Waals surface area contributed by atoms with Crippen molar-refractivity contribution in [3.8, 4) is 11.8 Å². The van der Waals surface area contributed by atoms with Gasteiger partial charge in [0.05, 0.1) is 19.1 Å². The van der Waals surface area contributed by atoms with Gasteiger partial charge >= 0.3 is 0 Å². The zero-order valence-corrected chi connectivity index (χ0v) is 7.89. The Hall–Kier alpha value is -2.15. The van der Waals surface area contributed by atoms with Crippen LogP contribution in [0.15, 0.2) is 37.1 Å². The largest absolute Gasteiger partial charge is 0.326 e. The fraction of sp³-hybridized carbons (Fsp3) is 0.0909. The van der Waals surface area contributed by atoms with Gasteiger partial charge in [-0.05, 0) is 18.1 Å². The Morgan fingerprint density at radius 2 is 2.33 bits per heavy atom. The Morgan fingerprint density at radius 1 is 1.40 bits per heavy atom. The molecule has 0 spiro atoms. The summed E-state index contributed by atoms with van der Waals surface area (Å²) >= 11 is 0. The number of halogens is 1. The van der Waals surface area contributed by atoms with E-state index in [-0.39, 0.29) is 5.82 Å². The van der Waals surface area contributed by atoms with E-state index in [1.807, 2.05) is 10.8 Å². The lowest BCUT2D eigenvalue weighted by Gasteiger charge is -1.91. The molecule has 0 bridgehead atoms. The van der Waals surface area contributed by atoms with Crippen LogP contribution in [0.25, 0.3) is 0 Å². The Kier molecular flexibility index (Phi) is 2.75. The fourth-order valence-corrected chi connectivity index (χ4v) is 1.05. The Morgan fingerprint density at radius 3 is 3.00 bits per heavy atom. The molecular formula is C11H8FN3. The SMILES string of the molecule is Fc1ccc(C#CCn2ccnc2)nc1. The fourth-order valence-electron chi connectivity index (χ4n) is 1.05. The number of hydrogen-bond acceptors (Lipinski definition) is 2. The van der Waals surface area contributed by atoms with E-state index < -0.39 is 0 Å². The van der Waals surface area contributed by atoms with Crippen molar-refractivity contribution in [3.63, 3.8) is 0 Å². The van der Waals surface area contributed by atoms with Crippen LogP contribution in [0.1, 0.15) is 5.69 Å². The van der Waals surface area contributed by atoms with E-state index in [4.69, 9.17) is 0 Å². The van der Waals surface area contributed by atoms with Gasteiger partial charge in [0.2, 0.25) is 0 Å². The second kappa shape index (κ2) is 4.38. The molecule has 0 saturated carbocycles. The second-order valence-corrected chi connectivity index (χ2v) is 2.90. The molecule has 2 heterocycles. The number of rotatable bonds is 1. The van der Waals surface area contributed by atoms with Crippen LogP contribution in [0, 0.1) is 17.7 Å². The van der Waals surface area contributed by atoms with Crippen molar-refractivity contribution < 1.29 is 4.39 Å². The summed E-state index contributed by atoms with van der Waals surface area (Å²) in [6, 6.07) is 2.89. The monoisotopic (exact) mass is 201 g/mol. The van der Waals surface area contributed by atoms with E-state index in [1.54, 1.807) is 18.6 Å². The van der Waals surface area contributed by atoms with Crippen LogP contribution in [-0.4, -0.2) is 14.5 Å². The second-order valence-electron chi connectivity index (χ2n) is 2.90. The van der Waals surface area contributed by atoms with E-state index in [9.17, 15) is 4.39 Å². The molecule has 4 heteroatoms. The Bertz CT molecular complexity index is 477. The summed E-state index contributed by atoms with van der Waals surface area (Å²) in [6.07, 6.45) is 6.36. The molecule has 0 N–H and O–H groups in total. The summed E-state index contributed by atoms with van der Waals surface area (Å²) in [5.41, 5.74) is 0.566. The molecule has 0 amide bonds.